The van der Waals surface area contributed by atoms with Gasteiger partial charge in [0.25, 0.3) is 10.0 Å². The Bertz CT molecular complexity index is 853. The highest BCUT2D eigenvalue weighted by molar-refractivity contribution is 7.92. The molecule has 1 N–H and O–H groups in total. The van der Waals surface area contributed by atoms with Crippen molar-refractivity contribution in [3.05, 3.63) is 59.4 Å². The molecular weight excluding hydrogens is 379 g/mol. The van der Waals surface area contributed by atoms with Crippen LogP contribution in [0, 0.1) is 11.7 Å². The number of amides is 1. The molecule has 0 atom stereocenters. The number of sulfonamides is 1. The normalized spacial score (nSPS) is 11.4. The van der Waals surface area contributed by atoms with E-state index in [-0.39, 0.29) is 29.8 Å². The van der Waals surface area contributed by atoms with E-state index >= 15 is 0 Å². The number of benzene rings is 2. The third-order valence-electron chi connectivity index (χ3n) is 3.65. The summed E-state index contributed by atoms with van der Waals surface area (Å²) in [4.78, 5) is 11.8. The zero-order valence-corrected chi connectivity index (χ0v) is 16.0. The minimum Gasteiger partial charge on any atom is -0.354 e. The molecule has 0 spiro atoms. The molecule has 0 radical (unpaired) electrons. The van der Waals surface area contributed by atoms with E-state index in [9.17, 15) is 17.6 Å². The molecule has 0 heterocycles. The van der Waals surface area contributed by atoms with Gasteiger partial charge in [-0.25, -0.2) is 12.8 Å². The first-order chi connectivity index (χ1) is 12.2. The minimum atomic E-state index is -3.90. The summed E-state index contributed by atoms with van der Waals surface area (Å²) in [6.07, 6.45) is 0. The SMILES string of the molecule is CC(C)C(=O)NCCN(c1ccc(F)cc1)S(=O)(=O)c1ccc(Cl)cc1. The first-order valence-electron chi connectivity index (χ1n) is 8.03. The Morgan fingerprint density at radius 3 is 2.23 bits per heavy atom. The van der Waals surface area contributed by atoms with Crippen molar-refractivity contribution < 1.29 is 17.6 Å². The maximum atomic E-state index is 13.2. The Balaban J connectivity index is 2.31. The molecule has 0 aliphatic heterocycles. The van der Waals surface area contributed by atoms with Crippen molar-refractivity contribution in [2.75, 3.05) is 17.4 Å². The Morgan fingerprint density at radius 1 is 1.12 bits per heavy atom. The molecule has 5 nitrogen and oxygen atoms in total. The highest BCUT2D eigenvalue weighted by Crippen LogP contribution is 2.24. The van der Waals surface area contributed by atoms with E-state index in [1.165, 1.54) is 48.5 Å². The van der Waals surface area contributed by atoms with Crippen molar-refractivity contribution in [3.63, 3.8) is 0 Å². The number of nitrogens with one attached hydrogen (secondary N) is 1. The molecule has 0 fully saturated rings. The van der Waals surface area contributed by atoms with Gasteiger partial charge in [-0.2, -0.15) is 0 Å². The quantitative estimate of drug-likeness (QED) is 0.776. The lowest BCUT2D eigenvalue weighted by molar-refractivity contribution is -0.123. The third-order valence-corrected chi connectivity index (χ3v) is 5.75. The van der Waals surface area contributed by atoms with Crippen molar-refractivity contribution in [3.8, 4) is 0 Å². The van der Waals surface area contributed by atoms with Gasteiger partial charge in [0.05, 0.1) is 17.1 Å². The first-order valence-corrected chi connectivity index (χ1v) is 9.85. The molecular formula is C18H20ClFN2O3S. The summed E-state index contributed by atoms with van der Waals surface area (Å²) in [5.74, 6) is -0.846. The number of nitrogens with zero attached hydrogens (tertiary/aromatic N) is 1. The Labute approximate surface area is 157 Å². The lowest BCUT2D eigenvalue weighted by Crippen LogP contribution is -2.39. The summed E-state index contributed by atoms with van der Waals surface area (Å²) in [5.41, 5.74) is 0.306. The van der Waals surface area contributed by atoms with Gasteiger partial charge in [0.2, 0.25) is 5.91 Å². The summed E-state index contributed by atoms with van der Waals surface area (Å²) in [7, 11) is -3.90. The van der Waals surface area contributed by atoms with Crippen molar-refractivity contribution in [2.24, 2.45) is 5.92 Å². The van der Waals surface area contributed by atoms with Gasteiger partial charge in [0, 0.05) is 17.5 Å². The van der Waals surface area contributed by atoms with Gasteiger partial charge in [0.1, 0.15) is 5.82 Å². The average Bonchev–Trinajstić information content (AvgIpc) is 2.59. The molecule has 0 bridgehead atoms. The van der Waals surface area contributed by atoms with Crippen LogP contribution in [0.15, 0.2) is 53.4 Å². The van der Waals surface area contributed by atoms with Crippen LogP contribution >= 0.6 is 11.6 Å². The van der Waals surface area contributed by atoms with Crippen LogP contribution in [0.3, 0.4) is 0 Å². The second-order valence-corrected chi connectivity index (χ2v) is 8.25. The molecule has 0 aromatic heterocycles. The number of halogens is 2. The molecule has 0 saturated carbocycles. The van der Waals surface area contributed by atoms with Gasteiger partial charge in [-0.15, -0.1) is 0 Å². The van der Waals surface area contributed by atoms with Crippen LogP contribution in [0.5, 0.6) is 0 Å². The zero-order valence-electron chi connectivity index (χ0n) is 14.4. The molecule has 140 valence electrons. The van der Waals surface area contributed by atoms with Crippen LogP contribution in [0.4, 0.5) is 10.1 Å². The molecule has 26 heavy (non-hydrogen) atoms. The summed E-state index contributed by atoms with van der Waals surface area (Å²) in [6, 6.07) is 10.9. The summed E-state index contributed by atoms with van der Waals surface area (Å²) in [5, 5.41) is 3.10. The molecule has 1 amide bonds. The topological polar surface area (TPSA) is 66.5 Å². The van der Waals surface area contributed by atoms with Crippen LogP contribution in [-0.4, -0.2) is 27.4 Å². The number of hydrogen-bond acceptors (Lipinski definition) is 3. The third kappa shape index (κ3) is 4.95. The summed E-state index contributed by atoms with van der Waals surface area (Å²) in [6.45, 7) is 3.63. The fraction of sp³-hybridized carbons (Fsp3) is 0.278. The monoisotopic (exact) mass is 398 g/mol. The largest absolute Gasteiger partial charge is 0.354 e. The van der Waals surface area contributed by atoms with E-state index in [1.54, 1.807) is 13.8 Å². The molecule has 2 aromatic rings. The second-order valence-electron chi connectivity index (χ2n) is 5.95. The fourth-order valence-corrected chi connectivity index (χ4v) is 3.81. The molecule has 0 unspecified atom stereocenters. The van der Waals surface area contributed by atoms with E-state index in [2.05, 4.69) is 5.32 Å². The van der Waals surface area contributed by atoms with Gasteiger partial charge in [-0.1, -0.05) is 25.4 Å². The summed E-state index contributed by atoms with van der Waals surface area (Å²) < 4.78 is 40.4. The van der Waals surface area contributed by atoms with E-state index in [4.69, 9.17) is 11.6 Å². The van der Waals surface area contributed by atoms with E-state index in [0.717, 1.165) is 4.31 Å². The smallest absolute Gasteiger partial charge is 0.264 e. The zero-order chi connectivity index (χ0) is 19.3. The maximum Gasteiger partial charge on any atom is 0.264 e. The van der Waals surface area contributed by atoms with E-state index in [0.29, 0.717) is 10.7 Å². The van der Waals surface area contributed by atoms with Crippen molar-refractivity contribution in [1.29, 1.82) is 0 Å². The lowest BCUT2D eigenvalue weighted by Gasteiger charge is -2.25. The van der Waals surface area contributed by atoms with Crippen LogP contribution in [-0.2, 0) is 14.8 Å². The minimum absolute atomic E-state index is 0.00898. The van der Waals surface area contributed by atoms with Gasteiger partial charge in [-0.3, -0.25) is 9.10 Å². The number of rotatable bonds is 7. The first kappa shape index (κ1) is 20.2. The highest BCUT2D eigenvalue weighted by Gasteiger charge is 2.25. The van der Waals surface area contributed by atoms with Crippen LogP contribution < -0.4 is 9.62 Å². The maximum absolute atomic E-state index is 13.2. The number of hydrogen-bond donors (Lipinski definition) is 1. The van der Waals surface area contributed by atoms with Crippen LogP contribution in [0.25, 0.3) is 0 Å². The molecule has 8 heteroatoms. The summed E-state index contributed by atoms with van der Waals surface area (Å²) >= 11 is 5.83. The molecule has 2 rings (SSSR count). The van der Waals surface area contributed by atoms with E-state index in [1.807, 2.05) is 0 Å². The standard InChI is InChI=1S/C18H20ClFN2O3S/c1-13(2)18(23)21-11-12-22(16-7-5-15(20)6-8-16)26(24,25)17-9-3-14(19)4-10-17/h3-10,13H,11-12H2,1-2H3,(H,21,23). The average molecular weight is 399 g/mol. The molecule has 0 aliphatic carbocycles. The highest BCUT2D eigenvalue weighted by atomic mass is 35.5. The van der Waals surface area contributed by atoms with Crippen LogP contribution in [0.2, 0.25) is 5.02 Å². The fourth-order valence-electron chi connectivity index (χ4n) is 2.21. The van der Waals surface area contributed by atoms with E-state index < -0.39 is 15.8 Å². The van der Waals surface area contributed by atoms with Crippen LogP contribution in [0.1, 0.15) is 13.8 Å². The van der Waals surface area contributed by atoms with Gasteiger partial charge in [0.15, 0.2) is 0 Å². The van der Waals surface area contributed by atoms with Crippen molar-refractivity contribution >= 4 is 33.2 Å². The van der Waals surface area contributed by atoms with Gasteiger partial charge >= 0.3 is 0 Å². The van der Waals surface area contributed by atoms with Gasteiger partial charge < -0.3 is 5.32 Å². The predicted octanol–water partition coefficient (Wildman–Crippen LogP) is 3.45. The number of anilines is 1. The molecule has 0 aliphatic rings. The Kier molecular flexibility index (Phi) is 6.61. The second kappa shape index (κ2) is 8.51. The predicted molar refractivity (Wildman–Crippen MR) is 100 cm³/mol. The lowest BCUT2D eigenvalue weighted by atomic mass is 10.2. The van der Waals surface area contributed by atoms with Crippen molar-refractivity contribution in [2.45, 2.75) is 18.7 Å². The molecule has 2 aromatic carbocycles. The Hall–Kier alpha value is -2.12. The van der Waals surface area contributed by atoms with Gasteiger partial charge in [-0.05, 0) is 48.5 Å². The Morgan fingerprint density at radius 2 is 1.69 bits per heavy atom. The molecule has 0 saturated heterocycles. The van der Waals surface area contributed by atoms with Crippen molar-refractivity contribution in [1.82, 2.24) is 5.32 Å². The number of carbonyl (C=O) groups excluding carboxylic acids is 1. The number of carbonyl (C=O) groups is 1.